The molecule has 3 aromatic rings. The lowest BCUT2D eigenvalue weighted by molar-refractivity contribution is 0.0462. The average molecular weight is 310 g/mol. The maximum atomic E-state index is 12.2. The van der Waals surface area contributed by atoms with Crippen LogP contribution in [0.2, 0.25) is 0 Å². The van der Waals surface area contributed by atoms with E-state index in [0.717, 1.165) is 10.9 Å². The molecule has 3 rings (SSSR count). The number of para-hydroxylation sites is 1. The summed E-state index contributed by atoms with van der Waals surface area (Å²) < 4.78 is 10.5. The van der Waals surface area contributed by atoms with Gasteiger partial charge >= 0.3 is 5.97 Å². The van der Waals surface area contributed by atoms with E-state index >= 15 is 0 Å². The van der Waals surface area contributed by atoms with Crippen molar-refractivity contribution in [1.82, 2.24) is 9.97 Å². The molecule has 0 amide bonds. The molecule has 0 atom stereocenters. The van der Waals surface area contributed by atoms with Gasteiger partial charge in [0.25, 0.3) is 0 Å². The number of benzene rings is 1. The summed E-state index contributed by atoms with van der Waals surface area (Å²) in [4.78, 5) is 31.9. The summed E-state index contributed by atoms with van der Waals surface area (Å²) in [5.41, 5.74) is 2.11. The normalized spacial score (nSPS) is 10.7. The van der Waals surface area contributed by atoms with Crippen LogP contribution in [0.25, 0.3) is 11.0 Å². The summed E-state index contributed by atoms with van der Waals surface area (Å²) in [6.45, 7) is 3.15. The first-order chi connectivity index (χ1) is 11.1. The number of rotatable bonds is 4. The Morgan fingerprint density at radius 1 is 1.13 bits per heavy atom. The molecule has 0 radical (unpaired) electrons. The van der Waals surface area contributed by atoms with Gasteiger partial charge in [0, 0.05) is 17.1 Å². The number of hydrogen-bond donors (Lipinski definition) is 0. The van der Waals surface area contributed by atoms with Crippen LogP contribution in [0.3, 0.4) is 0 Å². The summed E-state index contributed by atoms with van der Waals surface area (Å²) >= 11 is 0. The van der Waals surface area contributed by atoms with E-state index in [9.17, 15) is 9.59 Å². The highest BCUT2D eigenvalue weighted by atomic mass is 16.5. The molecule has 23 heavy (non-hydrogen) atoms. The van der Waals surface area contributed by atoms with Crippen molar-refractivity contribution >= 4 is 22.7 Å². The van der Waals surface area contributed by atoms with Gasteiger partial charge in [-0.05, 0) is 19.9 Å². The largest absolute Gasteiger partial charge is 0.453 e. The predicted octanol–water partition coefficient (Wildman–Crippen LogP) is 2.88. The SMILES string of the molecule is Cc1cnc(C(=O)OCC(=O)c2oc3ccccc3c2C)cn1. The van der Waals surface area contributed by atoms with Crippen LogP contribution < -0.4 is 0 Å². The summed E-state index contributed by atoms with van der Waals surface area (Å²) in [5.74, 6) is -0.888. The maximum absolute atomic E-state index is 12.2. The minimum absolute atomic E-state index is 0.0599. The van der Waals surface area contributed by atoms with E-state index < -0.39 is 18.4 Å². The van der Waals surface area contributed by atoms with Crippen molar-refractivity contribution in [2.45, 2.75) is 13.8 Å². The third-order valence-electron chi connectivity index (χ3n) is 3.42. The van der Waals surface area contributed by atoms with Gasteiger partial charge in [0.15, 0.2) is 18.1 Å². The molecule has 0 bridgehead atoms. The zero-order valence-corrected chi connectivity index (χ0v) is 12.7. The zero-order valence-electron chi connectivity index (χ0n) is 12.7. The second-order valence-electron chi connectivity index (χ2n) is 5.09. The van der Waals surface area contributed by atoms with Gasteiger partial charge in [0.2, 0.25) is 5.78 Å². The molecule has 0 aliphatic carbocycles. The Morgan fingerprint density at radius 2 is 1.91 bits per heavy atom. The van der Waals surface area contributed by atoms with Crippen molar-refractivity contribution in [3.05, 3.63) is 59.4 Å². The quantitative estimate of drug-likeness (QED) is 0.544. The van der Waals surface area contributed by atoms with Crippen LogP contribution in [0, 0.1) is 13.8 Å². The Balaban J connectivity index is 1.72. The fourth-order valence-corrected chi connectivity index (χ4v) is 2.21. The highest BCUT2D eigenvalue weighted by molar-refractivity contribution is 6.02. The lowest BCUT2D eigenvalue weighted by Gasteiger charge is -2.03. The molecule has 1 aromatic carbocycles. The van der Waals surface area contributed by atoms with Crippen molar-refractivity contribution in [3.8, 4) is 0 Å². The molecule has 0 saturated carbocycles. The van der Waals surface area contributed by atoms with Gasteiger partial charge in [0.05, 0.1) is 11.9 Å². The van der Waals surface area contributed by atoms with Gasteiger partial charge in [-0.15, -0.1) is 0 Å². The van der Waals surface area contributed by atoms with Gasteiger partial charge in [-0.3, -0.25) is 9.78 Å². The van der Waals surface area contributed by atoms with E-state index in [1.165, 1.54) is 12.4 Å². The third-order valence-corrected chi connectivity index (χ3v) is 3.42. The van der Waals surface area contributed by atoms with Crippen LogP contribution in [0.5, 0.6) is 0 Å². The molecule has 0 saturated heterocycles. The Morgan fingerprint density at radius 3 is 2.61 bits per heavy atom. The van der Waals surface area contributed by atoms with Gasteiger partial charge in [-0.1, -0.05) is 18.2 Å². The Kier molecular flexibility index (Phi) is 3.89. The lowest BCUT2D eigenvalue weighted by Crippen LogP contribution is -2.15. The number of esters is 1. The van der Waals surface area contributed by atoms with E-state index in [1.807, 2.05) is 18.2 Å². The van der Waals surface area contributed by atoms with E-state index in [4.69, 9.17) is 9.15 Å². The van der Waals surface area contributed by atoms with Crippen molar-refractivity contribution < 1.29 is 18.7 Å². The number of fused-ring (bicyclic) bond motifs is 1. The number of aryl methyl sites for hydroxylation is 2. The smallest absolute Gasteiger partial charge is 0.358 e. The molecule has 0 fully saturated rings. The van der Waals surface area contributed by atoms with Gasteiger partial charge < -0.3 is 9.15 Å². The van der Waals surface area contributed by atoms with Gasteiger partial charge in [-0.2, -0.15) is 0 Å². The second-order valence-corrected chi connectivity index (χ2v) is 5.09. The Hall–Kier alpha value is -3.02. The van der Waals surface area contributed by atoms with Crippen molar-refractivity contribution in [2.75, 3.05) is 6.61 Å². The fourth-order valence-electron chi connectivity index (χ4n) is 2.21. The molecule has 0 aliphatic rings. The topological polar surface area (TPSA) is 82.3 Å². The minimum atomic E-state index is -0.695. The number of furan rings is 1. The number of aromatic nitrogens is 2. The van der Waals surface area contributed by atoms with Crippen LogP contribution in [0.1, 0.15) is 32.3 Å². The number of ether oxygens (including phenoxy) is 1. The van der Waals surface area contributed by atoms with Crippen LogP contribution >= 0.6 is 0 Å². The number of ketones is 1. The average Bonchev–Trinajstić information content (AvgIpc) is 2.90. The molecule has 0 spiro atoms. The molecule has 116 valence electrons. The first kappa shape index (κ1) is 14.9. The first-order valence-corrected chi connectivity index (χ1v) is 7.03. The molecule has 0 unspecified atom stereocenters. The summed E-state index contributed by atoms with van der Waals surface area (Å²) in [5, 5.41) is 0.867. The second kappa shape index (κ2) is 6.00. The maximum Gasteiger partial charge on any atom is 0.358 e. The number of Topliss-reactive ketones (excluding diaryl/α,β-unsaturated/α-hetero) is 1. The highest BCUT2D eigenvalue weighted by Crippen LogP contribution is 2.25. The van der Waals surface area contributed by atoms with Crippen LogP contribution in [0.15, 0.2) is 41.1 Å². The summed E-state index contributed by atoms with van der Waals surface area (Å²) in [6.07, 6.45) is 2.77. The molecule has 0 aliphatic heterocycles. The third kappa shape index (κ3) is 2.96. The molecule has 2 heterocycles. The molecular formula is C17H14N2O4. The van der Waals surface area contributed by atoms with Crippen LogP contribution in [-0.4, -0.2) is 28.3 Å². The number of carbonyl (C=O) groups is 2. The Labute approximate surface area is 132 Å². The summed E-state index contributed by atoms with van der Waals surface area (Å²) in [6, 6.07) is 7.36. The molecule has 6 heteroatoms. The fraction of sp³-hybridized carbons (Fsp3) is 0.176. The monoisotopic (exact) mass is 310 g/mol. The number of carbonyl (C=O) groups excluding carboxylic acids is 2. The molecule has 2 aromatic heterocycles. The van der Waals surface area contributed by atoms with Gasteiger partial charge in [0.1, 0.15) is 5.58 Å². The van der Waals surface area contributed by atoms with Crippen molar-refractivity contribution in [1.29, 1.82) is 0 Å². The molecule has 6 nitrogen and oxygen atoms in total. The highest BCUT2D eigenvalue weighted by Gasteiger charge is 2.19. The van der Waals surface area contributed by atoms with E-state index in [-0.39, 0.29) is 11.5 Å². The zero-order chi connectivity index (χ0) is 16.4. The van der Waals surface area contributed by atoms with Crippen molar-refractivity contribution in [2.24, 2.45) is 0 Å². The van der Waals surface area contributed by atoms with Crippen LogP contribution in [0.4, 0.5) is 0 Å². The number of nitrogens with zero attached hydrogens (tertiary/aromatic N) is 2. The van der Waals surface area contributed by atoms with E-state index in [2.05, 4.69) is 9.97 Å². The van der Waals surface area contributed by atoms with E-state index in [1.54, 1.807) is 19.9 Å². The van der Waals surface area contributed by atoms with Crippen LogP contribution in [-0.2, 0) is 4.74 Å². The predicted molar refractivity (Wildman–Crippen MR) is 82.3 cm³/mol. The Bertz CT molecular complexity index is 881. The van der Waals surface area contributed by atoms with Crippen molar-refractivity contribution in [3.63, 3.8) is 0 Å². The van der Waals surface area contributed by atoms with Gasteiger partial charge in [-0.25, -0.2) is 9.78 Å². The molecule has 0 N–H and O–H groups in total. The molecular weight excluding hydrogens is 296 g/mol. The first-order valence-electron chi connectivity index (χ1n) is 7.03. The standard InChI is InChI=1S/C17H14N2O4/c1-10-7-19-13(8-18-10)17(21)22-9-14(20)16-11(2)12-5-3-4-6-15(12)23-16/h3-8H,9H2,1-2H3. The summed E-state index contributed by atoms with van der Waals surface area (Å²) in [7, 11) is 0. The number of hydrogen-bond acceptors (Lipinski definition) is 6. The van der Waals surface area contributed by atoms with E-state index in [0.29, 0.717) is 11.3 Å². The minimum Gasteiger partial charge on any atom is -0.453 e. The lowest BCUT2D eigenvalue weighted by atomic mass is 10.1.